The highest BCUT2D eigenvalue weighted by Crippen LogP contribution is 2.30. The summed E-state index contributed by atoms with van der Waals surface area (Å²) in [5.74, 6) is 0.568. The highest BCUT2D eigenvalue weighted by Gasteiger charge is 2.23. The van der Waals surface area contributed by atoms with E-state index in [0.29, 0.717) is 5.69 Å². The van der Waals surface area contributed by atoms with Gasteiger partial charge in [0.15, 0.2) is 5.82 Å². The standard InChI is InChI=1S/C8H11FN2/c1-6-8(9)4-10-11(6)5-7-2-3-7/h4,7H,2-3,5H2,1H3. The maximum absolute atomic E-state index is 12.7. The topological polar surface area (TPSA) is 17.8 Å². The number of halogens is 1. The molecular weight excluding hydrogens is 143 g/mol. The molecule has 11 heavy (non-hydrogen) atoms. The van der Waals surface area contributed by atoms with Crippen LogP contribution in [0.15, 0.2) is 6.20 Å². The molecule has 0 bridgehead atoms. The fourth-order valence-electron chi connectivity index (χ4n) is 1.15. The summed E-state index contributed by atoms with van der Waals surface area (Å²) in [5, 5.41) is 3.94. The number of nitrogens with zero attached hydrogens (tertiary/aromatic N) is 2. The van der Waals surface area contributed by atoms with Crippen molar-refractivity contribution in [2.75, 3.05) is 0 Å². The lowest BCUT2D eigenvalue weighted by Crippen LogP contribution is -2.03. The molecule has 0 unspecified atom stereocenters. The maximum atomic E-state index is 12.7. The van der Waals surface area contributed by atoms with Gasteiger partial charge in [-0.2, -0.15) is 5.10 Å². The zero-order chi connectivity index (χ0) is 7.84. The molecule has 1 aliphatic carbocycles. The van der Waals surface area contributed by atoms with Crippen molar-refractivity contribution in [2.45, 2.75) is 26.3 Å². The van der Waals surface area contributed by atoms with Crippen LogP contribution in [0.3, 0.4) is 0 Å². The van der Waals surface area contributed by atoms with Gasteiger partial charge in [0.1, 0.15) is 0 Å². The smallest absolute Gasteiger partial charge is 0.163 e. The molecule has 0 saturated heterocycles. The van der Waals surface area contributed by atoms with Crippen LogP contribution < -0.4 is 0 Å². The van der Waals surface area contributed by atoms with Gasteiger partial charge in [0.2, 0.25) is 0 Å². The highest BCUT2D eigenvalue weighted by molar-refractivity contribution is 5.01. The van der Waals surface area contributed by atoms with Crippen LogP contribution in [0.5, 0.6) is 0 Å². The molecular formula is C8H11FN2. The Kier molecular flexibility index (Phi) is 1.44. The number of aromatic nitrogens is 2. The second-order valence-corrected chi connectivity index (χ2v) is 3.20. The van der Waals surface area contributed by atoms with Crippen molar-refractivity contribution in [2.24, 2.45) is 5.92 Å². The minimum Gasteiger partial charge on any atom is -0.267 e. The van der Waals surface area contributed by atoms with Crippen molar-refractivity contribution >= 4 is 0 Å². The van der Waals surface area contributed by atoms with E-state index in [1.807, 2.05) is 0 Å². The molecule has 0 radical (unpaired) electrons. The van der Waals surface area contributed by atoms with Gasteiger partial charge in [0, 0.05) is 6.54 Å². The molecule has 2 rings (SSSR count). The number of hydrogen-bond donors (Lipinski definition) is 0. The summed E-state index contributed by atoms with van der Waals surface area (Å²) >= 11 is 0. The quantitative estimate of drug-likeness (QED) is 0.634. The summed E-state index contributed by atoms with van der Waals surface area (Å²) in [7, 11) is 0. The third-order valence-corrected chi connectivity index (χ3v) is 2.17. The summed E-state index contributed by atoms with van der Waals surface area (Å²) in [4.78, 5) is 0. The normalized spacial score (nSPS) is 17.3. The second kappa shape index (κ2) is 2.32. The maximum Gasteiger partial charge on any atom is 0.163 e. The molecule has 0 atom stereocenters. The fraction of sp³-hybridized carbons (Fsp3) is 0.625. The lowest BCUT2D eigenvalue weighted by Gasteiger charge is -2.00. The highest BCUT2D eigenvalue weighted by atomic mass is 19.1. The van der Waals surface area contributed by atoms with Gasteiger partial charge in [0.05, 0.1) is 11.9 Å². The van der Waals surface area contributed by atoms with E-state index in [4.69, 9.17) is 0 Å². The average molecular weight is 154 g/mol. The first-order valence-electron chi connectivity index (χ1n) is 3.95. The van der Waals surface area contributed by atoms with E-state index in [1.54, 1.807) is 11.6 Å². The predicted octanol–water partition coefficient (Wildman–Crippen LogP) is 1.74. The van der Waals surface area contributed by atoms with Crippen LogP contribution in [-0.2, 0) is 6.54 Å². The Balaban J connectivity index is 2.15. The Morgan fingerprint density at radius 1 is 1.73 bits per heavy atom. The molecule has 0 N–H and O–H groups in total. The van der Waals surface area contributed by atoms with E-state index >= 15 is 0 Å². The molecule has 0 aromatic carbocycles. The summed E-state index contributed by atoms with van der Waals surface area (Å²) in [6.07, 6.45) is 3.85. The summed E-state index contributed by atoms with van der Waals surface area (Å²) in [5.41, 5.74) is 0.664. The van der Waals surface area contributed by atoms with Crippen molar-refractivity contribution < 1.29 is 4.39 Å². The van der Waals surface area contributed by atoms with E-state index in [9.17, 15) is 4.39 Å². The molecule has 0 spiro atoms. The van der Waals surface area contributed by atoms with Crippen LogP contribution in [0.4, 0.5) is 4.39 Å². The van der Waals surface area contributed by atoms with Gasteiger partial charge in [-0.05, 0) is 25.7 Å². The van der Waals surface area contributed by atoms with Crippen LogP contribution in [0.25, 0.3) is 0 Å². The fourth-order valence-corrected chi connectivity index (χ4v) is 1.15. The van der Waals surface area contributed by atoms with Crippen molar-refractivity contribution in [1.29, 1.82) is 0 Å². The second-order valence-electron chi connectivity index (χ2n) is 3.20. The minimum absolute atomic E-state index is 0.189. The van der Waals surface area contributed by atoms with Crippen molar-refractivity contribution in [3.05, 3.63) is 17.7 Å². The van der Waals surface area contributed by atoms with E-state index in [2.05, 4.69) is 5.10 Å². The first-order chi connectivity index (χ1) is 5.27. The monoisotopic (exact) mass is 154 g/mol. The Labute approximate surface area is 65.0 Å². The molecule has 1 fully saturated rings. The Morgan fingerprint density at radius 3 is 2.91 bits per heavy atom. The first-order valence-corrected chi connectivity index (χ1v) is 3.95. The molecule has 1 heterocycles. The Hall–Kier alpha value is -0.860. The van der Waals surface area contributed by atoms with E-state index in [1.165, 1.54) is 19.0 Å². The third kappa shape index (κ3) is 1.27. The molecule has 2 nitrogen and oxygen atoms in total. The molecule has 1 aliphatic rings. The Morgan fingerprint density at radius 2 is 2.45 bits per heavy atom. The van der Waals surface area contributed by atoms with Crippen LogP contribution in [0.1, 0.15) is 18.5 Å². The van der Waals surface area contributed by atoms with Gasteiger partial charge in [-0.3, -0.25) is 4.68 Å². The van der Waals surface area contributed by atoms with Gasteiger partial charge in [-0.25, -0.2) is 4.39 Å². The van der Waals surface area contributed by atoms with Gasteiger partial charge >= 0.3 is 0 Å². The van der Waals surface area contributed by atoms with Crippen LogP contribution >= 0.6 is 0 Å². The Bertz CT molecular complexity index is 263. The summed E-state index contributed by atoms with van der Waals surface area (Å²) in [6.45, 7) is 2.67. The van der Waals surface area contributed by atoms with E-state index in [0.717, 1.165) is 12.5 Å². The van der Waals surface area contributed by atoms with Crippen molar-refractivity contribution in [3.8, 4) is 0 Å². The SMILES string of the molecule is Cc1c(F)cnn1CC1CC1. The molecule has 0 amide bonds. The molecule has 1 saturated carbocycles. The largest absolute Gasteiger partial charge is 0.267 e. The molecule has 1 aromatic rings. The van der Waals surface area contributed by atoms with Crippen LogP contribution in [0, 0.1) is 18.7 Å². The average Bonchev–Trinajstić information content (AvgIpc) is 2.74. The number of rotatable bonds is 2. The van der Waals surface area contributed by atoms with Crippen LogP contribution in [0.2, 0.25) is 0 Å². The molecule has 1 aromatic heterocycles. The summed E-state index contributed by atoms with van der Waals surface area (Å²) in [6, 6.07) is 0. The van der Waals surface area contributed by atoms with Gasteiger partial charge in [-0.15, -0.1) is 0 Å². The predicted molar refractivity (Wildman–Crippen MR) is 39.6 cm³/mol. The first kappa shape index (κ1) is 6.83. The van der Waals surface area contributed by atoms with E-state index < -0.39 is 0 Å². The lowest BCUT2D eigenvalue weighted by atomic mass is 10.4. The third-order valence-electron chi connectivity index (χ3n) is 2.17. The van der Waals surface area contributed by atoms with Gasteiger partial charge in [-0.1, -0.05) is 0 Å². The zero-order valence-corrected chi connectivity index (χ0v) is 6.55. The van der Waals surface area contributed by atoms with Gasteiger partial charge < -0.3 is 0 Å². The van der Waals surface area contributed by atoms with Crippen LogP contribution in [-0.4, -0.2) is 9.78 Å². The number of hydrogen-bond acceptors (Lipinski definition) is 1. The molecule has 3 heteroatoms. The lowest BCUT2D eigenvalue weighted by molar-refractivity contribution is 0.538. The molecule has 60 valence electrons. The van der Waals surface area contributed by atoms with Crippen molar-refractivity contribution in [3.63, 3.8) is 0 Å². The van der Waals surface area contributed by atoms with Gasteiger partial charge in [0.25, 0.3) is 0 Å². The minimum atomic E-state index is -0.189. The van der Waals surface area contributed by atoms with Crippen molar-refractivity contribution in [1.82, 2.24) is 9.78 Å². The summed E-state index contributed by atoms with van der Waals surface area (Å²) < 4.78 is 14.5. The molecule has 0 aliphatic heterocycles. The zero-order valence-electron chi connectivity index (χ0n) is 6.55. The van der Waals surface area contributed by atoms with E-state index in [-0.39, 0.29) is 5.82 Å².